The van der Waals surface area contributed by atoms with Crippen LogP contribution in [-0.4, -0.2) is 26.1 Å². The zero-order valence-electron chi connectivity index (χ0n) is 23.2. The normalized spacial score (nSPS) is 49.7. The van der Waals surface area contributed by atoms with Crippen molar-refractivity contribution in [2.24, 2.45) is 46.3 Å². The molecule has 0 radical (unpaired) electrons. The van der Waals surface area contributed by atoms with Crippen molar-refractivity contribution in [2.75, 3.05) is 0 Å². The summed E-state index contributed by atoms with van der Waals surface area (Å²) in [5, 5.41) is 0. The zero-order chi connectivity index (χ0) is 23.8. The molecule has 1 saturated heterocycles. The molecule has 190 valence electrons. The highest BCUT2D eigenvalue weighted by Crippen LogP contribution is 2.74. The second-order valence-electron chi connectivity index (χ2n) is 15.2. The van der Waals surface area contributed by atoms with E-state index >= 15 is 0 Å². The number of hydrogen-bond acceptors (Lipinski definition) is 2. The first-order valence-electron chi connectivity index (χ1n) is 14.8. The third-order valence-electron chi connectivity index (χ3n) is 11.8. The third kappa shape index (κ3) is 4.03. The van der Waals surface area contributed by atoms with E-state index < -0.39 is 8.32 Å². The van der Waals surface area contributed by atoms with Gasteiger partial charge < -0.3 is 9.16 Å². The van der Waals surface area contributed by atoms with Gasteiger partial charge in [0.25, 0.3) is 0 Å². The van der Waals surface area contributed by atoms with Gasteiger partial charge in [0, 0.05) is 17.9 Å². The maximum atomic E-state index is 6.78. The van der Waals surface area contributed by atoms with Crippen LogP contribution in [0, 0.1) is 46.3 Å². The summed E-state index contributed by atoms with van der Waals surface area (Å²) in [7, 11) is -1.49. The fourth-order valence-corrected chi connectivity index (χ4v) is 11.5. The second-order valence-corrected chi connectivity index (χ2v) is 19.6. The Balaban J connectivity index is 1.30. The number of epoxide rings is 1. The summed E-state index contributed by atoms with van der Waals surface area (Å²) in [6, 6.07) is 0. The van der Waals surface area contributed by atoms with E-state index in [0.717, 1.165) is 35.5 Å². The minimum absolute atomic E-state index is 0.159. The first-order valence-corrected chi connectivity index (χ1v) is 18.2. The highest BCUT2D eigenvalue weighted by atomic mass is 28.4. The van der Waals surface area contributed by atoms with E-state index in [0.29, 0.717) is 23.0 Å². The largest absolute Gasteiger partial charge is 0.415 e. The molecule has 5 fully saturated rings. The molecule has 5 aliphatic rings. The van der Waals surface area contributed by atoms with Gasteiger partial charge in [-0.1, -0.05) is 53.9 Å². The Morgan fingerprint density at radius 1 is 0.939 bits per heavy atom. The van der Waals surface area contributed by atoms with Gasteiger partial charge >= 0.3 is 0 Å². The lowest BCUT2D eigenvalue weighted by Gasteiger charge is -2.60. The van der Waals surface area contributed by atoms with Crippen LogP contribution in [0.25, 0.3) is 0 Å². The van der Waals surface area contributed by atoms with Crippen molar-refractivity contribution in [1.29, 1.82) is 0 Å². The van der Waals surface area contributed by atoms with Crippen LogP contribution in [0.5, 0.6) is 0 Å². The molecule has 1 aliphatic heterocycles. The number of hydrogen-bond donors (Lipinski definition) is 0. The zero-order valence-corrected chi connectivity index (χ0v) is 24.2. The van der Waals surface area contributed by atoms with Gasteiger partial charge in [0.15, 0.2) is 8.32 Å². The van der Waals surface area contributed by atoms with Crippen LogP contribution in [0.4, 0.5) is 0 Å². The van der Waals surface area contributed by atoms with Crippen LogP contribution in [0.3, 0.4) is 0 Å². The number of ether oxygens (including phenoxy) is 1. The lowest BCUT2D eigenvalue weighted by molar-refractivity contribution is -0.114. The van der Waals surface area contributed by atoms with Crippen LogP contribution in [0.2, 0.25) is 19.6 Å². The molecule has 0 aromatic carbocycles. The Bertz CT molecular complexity index is 729. The SMILES string of the molecule is CC(C)CCCC(C)[C@H]1CCC2C3CC4OC45C[C@@H](O[Si](C)(C)C)CC[C@]5(C)C3CC[C@@]21C. The van der Waals surface area contributed by atoms with Crippen molar-refractivity contribution in [2.45, 2.75) is 143 Å². The fraction of sp³-hybridized carbons (Fsp3) is 1.00. The maximum absolute atomic E-state index is 6.78. The summed E-state index contributed by atoms with van der Waals surface area (Å²) in [6.07, 6.45) is 16.3. The molecule has 0 aromatic heterocycles. The van der Waals surface area contributed by atoms with Crippen molar-refractivity contribution in [3.05, 3.63) is 0 Å². The molecule has 6 unspecified atom stereocenters. The van der Waals surface area contributed by atoms with Crippen LogP contribution in [0.1, 0.15) is 105 Å². The van der Waals surface area contributed by atoms with Gasteiger partial charge in [-0.3, -0.25) is 0 Å². The minimum atomic E-state index is -1.49. The van der Waals surface area contributed by atoms with E-state index in [9.17, 15) is 0 Å². The topological polar surface area (TPSA) is 21.8 Å². The molecular weight excluding hydrogens is 420 g/mol. The predicted molar refractivity (Wildman–Crippen MR) is 141 cm³/mol. The van der Waals surface area contributed by atoms with E-state index in [-0.39, 0.29) is 5.60 Å². The highest BCUT2D eigenvalue weighted by Gasteiger charge is 2.76. The smallest absolute Gasteiger partial charge is 0.184 e. The number of fused-ring (bicyclic) bond motifs is 4. The molecule has 1 heterocycles. The predicted octanol–water partition coefficient (Wildman–Crippen LogP) is 8.46. The Morgan fingerprint density at radius 2 is 1.70 bits per heavy atom. The van der Waals surface area contributed by atoms with Crippen molar-refractivity contribution in [3.8, 4) is 0 Å². The van der Waals surface area contributed by atoms with Gasteiger partial charge in [-0.05, 0) is 106 Å². The molecule has 33 heavy (non-hydrogen) atoms. The summed E-state index contributed by atoms with van der Waals surface area (Å²) in [5.74, 6) is 5.46. The Kier molecular flexibility index (Phi) is 6.27. The average molecular weight is 475 g/mol. The highest BCUT2D eigenvalue weighted by molar-refractivity contribution is 6.69. The van der Waals surface area contributed by atoms with Gasteiger partial charge in [0.1, 0.15) is 5.60 Å². The van der Waals surface area contributed by atoms with Crippen LogP contribution in [-0.2, 0) is 9.16 Å². The fourth-order valence-electron chi connectivity index (χ4n) is 10.3. The maximum Gasteiger partial charge on any atom is 0.184 e. The van der Waals surface area contributed by atoms with Crippen LogP contribution >= 0.6 is 0 Å². The Morgan fingerprint density at radius 3 is 2.39 bits per heavy atom. The van der Waals surface area contributed by atoms with E-state index in [4.69, 9.17) is 9.16 Å². The Labute approximate surface area is 206 Å². The van der Waals surface area contributed by atoms with E-state index in [2.05, 4.69) is 54.3 Å². The molecule has 0 N–H and O–H groups in total. The van der Waals surface area contributed by atoms with Crippen molar-refractivity contribution in [1.82, 2.24) is 0 Å². The van der Waals surface area contributed by atoms with Crippen molar-refractivity contribution in [3.63, 3.8) is 0 Å². The van der Waals surface area contributed by atoms with E-state index in [1.807, 2.05) is 0 Å². The number of rotatable bonds is 7. The molecular formula is C30H54O2Si. The van der Waals surface area contributed by atoms with Gasteiger partial charge in [-0.15, -0.1) is 0 Å². The summed E-state index contributed by atoms with van der Waals surface area (Å²) in [5.41, 5.74) is 1.14. The molecule has 0 bridgehead atoms. The average Bonchev–Trinajstić information content (AvgIpc) is 3.27. The van der Waals surface area contributed by atoms with E-state index in [1.54, 1.807) is 0 Å². The summed E-state index contributed by atoms with van der Waals surface area (Å²) >= 11 is 0. The first-order chi connectivity index (χ1) is 15.4. The van der Waals surface area contributed by atoms with Gasteiger partial charge in [-0.25, -0.2) is 0 Å². The lowest BCUT2D eigenvalue weighted by Crippen LogP contribution is -2.59. The van der Waals surface area contributed by atoms with Gasteiger partial charge in [-0.2, -0.15) is 0 Å². The van der Waals surface area contributed by atoms with Gasteiger partial charge in [0.2, 0.25) is 0 Å². The van der Waals surface area contributed by atoms with Crippen molar-refractivity contribution < 1.29 is 9.16 Å². The minimum Gasteiger partial charge on any atom is -0.415 e. The molecule has 4 saturated carbocycles. The summed E-state index contributed by atoms with van der Waals surface area (Å²) in [4.78, 5) is 0. The van der Waals surface area contributed by atoms with Crippen LogP contribution < -0.4 is 0 Å². The Hall–Kier alpha value is 0.137. The first kappa shape index (κ1) is 24.8. The monoisotopic (exact) mass is 474 g/mol. The van der Waals surface area contributed by atoms with Gasteiger partial charge in [0.05, 0.1) is 6.10 Å². The summed E-state index contributed by atoms with van der Waals surface area (Å²) in [6.45, 7) is 19.8. The molecule has 5 rings (SSSR count). The van der Waals surface area contributed by atoms with E-state index in [1.165, 1.54) is 70.6 Å². The standard InChI is InChI=1S/C30H54O2Si/c1-20(2)10-9-11-21(3)24-12-13-25-23-18-27-30(31-27)19-22(32-33(6,7)8)14-17-29(30,5)26(23)15-16-28(24,25)4/h20-27H,9-19H2,1-8H3/t21?,22-,23?,24+,25?,26?,27?,28+,29+,30?/m0/s1. The molecule has 0 amide bonds. The lowest BCUT2D eigenvalue weighted by atomic mass is 9.44. The molecule has 10 atom stereocenters. The molecule has 0 aromatic rings. The molecule has 2 nitrogen and oxygen atoms in total. The second kappa shape index (κ2) is 8.34. The third-order valence-corrected chi connectivity index (χ3v) is 12.8. The van der Waals surface area contributed by atoms with Crippen LogP contribution in [0.15, 0.2) is 0 Å². The molecule has 1 spiro atoms. The molecule has 4 aliphatic carbocycles. The van der Waals surface area contributed by atoms with Crippen molar-refractivity contribution >= 4 is 8.32 Å². The molecule has 3 heteroatoms. The quantitative estimate of drug-likeness (QED) is 0.273. The summed E-state index contributed by atoms with van der Waals surface area (Å²) < 4.78 is 13.4.